The standard InChI is InChI=1S/C66H102O6/c1-4-7-10-13-16-19-22-25-27-28-29-30-31-32-33-34-35-36-37-38-40-41-44-47-50-53-56-59-65(68)71-62-63(61-70-64(67)58-55-52-49-46-43-24-21-18-15-12-9-6-3)72-66(69)60-57-54-51-48-45-42-39-26-23-20-17-14-11-8-5-2/h7-8,10-11,16-17,19-20,25-27,29-30,32-33,35-36,38-40,44-45,47-48,54,57,63H,4-6,9,12-15,18,21-24,28,31,34,37,41-43,46,49-53,55-56,58-62H2,1-3H3/b10-7-,11-8-,19-16-,20-17-,27-25-,30-29-,33-32-,36-35-,39-26-,40-38-,47-44-,48-45-,57-54-. The molecule has 0 aliphatic heterocycles. The van der Waals surface area contributed by atoms with Gasteiger partial charge in [0.05, 0.1) is 6.42 Å². The van der Waals surface area contributed by atoms with E-state index in [1.54, 1.807) is 6.08 Å². The highest BCUT2D eigenvalue weighted by atomic mass is 16.6. The molecule has 0 aromatic heterocycles. The van der Waals surface area contributed by atoms with Crippen molar-refractivity contribution in [1.29, 1.82) is 0 Å². The van der Waals surface area contributed by atoms with E-state index in [0.29, 0.717) is 19.3 Å². The number of unbranched alkanes of at least 4 members (excludes halogenated alkanes) is 13. The molecule has 402 valence electrons. The van der Waals surface area contributed by atoms with Gasteiger partial charge in [0.25, 0.3) is 0 Å². The van der Waals surface area contributed by atoms with Gasteiger partial charge >= 0.3 is 17.9 Å². The minimum Gasteiger partial charge on any atom is -0.462 e. The molecule has 0 aliphatic carbocycles. The molecule has 0 bridgehead atoms. The quantitative estimate of drug-likeness (QED) is 0.0262. The zero-order valence-electron chi connectivity index (χ0n) is 45.9. The van der Waals surface area contributed by atoms with Crippen molar-refractivity contribution in [3.8, 4) is 0 Å². The number of rotatable bonds is 49. The zero-order chi connectivity index (χ0) is 52.2. The number of carbonyl (C=O) groups is 3. The van der Waals surface area contributed by atoms with Crippen LogP contribution in [-0.4, -0.2) is 37.2 Å². The van der Waals surface area contributed by atoms with Gasteiger partial charge in [-0.25, -0.2) is 0 Å². The van der Waals surface area contributed by atoms with Gasteiger partial charge < -0.3 is 14.2 Å². The van der Waals surface area contributed by atoms with Crippen LogP contribution in [0.25, 0.3) is 0 Å². The Hall–Kier alpha value is -4.97. The fraction of sp³-hybridized carbons (Fsp3) is 0.561. The van der Waals surface area contributed by atoms with E-state index in [9.17, 15) is 14.4 Å². The Morgan fingerprint density at radius 2 is 0.583 bits per heavy atom. The van der Waals surface area contributed by atoms with Gasteiger partial charge in [-0.2, -0.15) is 0 Å². The Labute approximate surface area is 441 Å². The van der Waals surface area contributed by atoms with E-state index in [2.05, 4.69) is 167 Å². The van der Waals surface area contributed by atoms with E-state index in [-0.39, 0.29) is 38.0 Å². The van der Waals surface area contributed by atoms with Crippen LogP contribution in [-0.2, 0) is 28.6 Å². The normalized spacial score (nSPS) is 13.3. The molecule has 6 nitrogen and oxygen atoms in total. The maximum atomic E-state index is 12.8. The summed E-state index contributed by atoms with van der Waals surface area (Å²) >= 11 is 0. The lowest BCUT2D eigenvalue weighted by Crippen LogP contribution is -2.30. The fourth-order valence-corrected chi connectivity index (χ4v) is 7.12. The minimum atomic E-state index is -0.856. The van der Waals surface area contributed by atoms with Crippen LogP contribution < -0.4 is 0 Å². The smallest absolute Gasteiger partial charge is 0.310 e. The summed E-state index contributed by atoms with van der Waals surface area (Å²) in [5.41, 5.74) is 0. The third kappa shape index (κ3) is 56.0. The lowest BCUT2D eigenvalue weighted by molar-refractivity contribution is -0.166. The molecule has 0 fully saturated rings. The van der Waals surface area contributed by atoms with Crippen molar-refractivity contribution in [3.63, 3.8) is 0 Å². The molecule has 6 heteroatoms. The van der Waals surface area contributed by atoms with Crippen LogP contribution in [0, 0.1) is 0 Å². The molecule has 0 aliphatic rings. The highest BCUT2D eigenvalue weighted by molar-refractivity contribution is 5.72. The molecule has 0 radical (unpaired) electrons. The third-order valence-electron chi connectivity index (χ3n) is 11.3. The number of hydrogen-bond donors (Lipinski definition) is 0. The van der Waals surface area contributed by atoms with Gasteiger partial charge in [-0.1, -0.05) is 249 Å². The highest BCUT2D eigenvalue weighted by Crippen LogP contribution is 2.13. The summed E-state index contributed by atoms with van der Waals surface area (Å²) in [4.78, 5) is 38.0. The molecule has 0 aromatic carbocycles. The first kappa shape index (κ1) is 67.0. The zero-order valence-corrected chi connectivity index (χ0v) is 45.9. The first-order valence-corrected chi connectivity index (χ1v) is 28.5. The van der Waals surface area contributed by atoms with Gasteiger partial charge in [0.1, 0.15) is 13.2 Å². The maximum absolute atomic E-state index is 12.8. The van der Waals surface area contributed by atoms with E-state index in [0.717, 1.165) is 109 Å². The fourth-order valence-electron chi connectivity index (χ4n) is 7.12. The molecule has 0 saturated heterocycles. The van der Waals surface area contributed by atoms with Crippen molar-refractivity contribution in [1.82, 2.24) is 0 Å². The summed E-state index contributed by atoms with van der Waals surface area (Å²) in [7, 11) is 0. The Morgan fingerprint density at radius 1 is 0.306 bits per heavy atom. The van der Waals surface area contributed by atoms with Crippen molar-refractivity contribution in [2.45, 2.75) is 226 Å². The molecular weight excluding hydrogens is 889 g/mol. The topological polar surface area (TPSA) is 78.9 Å². The van der Waals surface area contributed by atoms with Gasteiger partial charge in [-0.05, 0) is 109 Å². The Kier molecular flexibility index (Phi) is 54.6. The second-order valence-electron chi connectivity index (χ2n) is 18.1. The lowest BCUT2D eigenvalue weighted by atomic mass is 10.0. The Balaban J connectivity index is 4.52. The van der Waals surface area contributed by atoms with Crippen molar-refractivity contribution in [2.24, 2.45) is 0 Å². The molecule has 0 rings (SSSR count). The van der Waals surface area contributed by atoms with Gasteiger partial charge in [0, 0.05) is 12.8 Å². The number of allylic oxidation sites excluding steroid dienone is 25. The van der Waals surface area contributed by atoms with Crippen molar-refractivity contribution < 1.29 is 28.6 Å². The molecule has 1 unspecified atom stereocenters. The number of esters is 3. The van der Waals surface area contributed by atoms with Crippen LogP contribution in [0.2, 0.25) is 0 Å². The Bertz CT molecular complexity index is 1660. The average Bonchev–Trinajstić information content (AvgIpc) is 3.38. The summed E-state index contributed by atoms with van der Waals surface area (Å²) in [6.07, 6.45) is 85.5. The molecule has 0 saturated carbocycles. The first-order valence-electron chi connectivity index (χ1n) is 28.5. The van der Waals surface area contributed by atoms with E-state index in [4.69, 9.17) is 14.2 Å². The minimum absolute atomic E-state index is 0.0809. The second kappa shape index (κ2) is 58.6. The highest BCUT2D eigenvalue weighted by Gasteiger charge is 2.19. The molecular formula is C66H102O6. The second-order valence-corrected chi connectivity index (χ2v) is 18.1. The van der Waals surface area contributed by atoms with Gasteiger partial charge in [-0.3, -0.25) is 14.4 Å². The predicted molar refractivity (Wildman–Crippen MR) is 311 cm³/mol. The molecule has 0 heterocycles. The monoisotopic (exact) mass is 991 g/mol. The molecule has 0 N–H and O–H groups in total. The molecule has 1 atom stereocenters. The van der Waals surface area contributed by atoms with Crippen molar-refractivity contribution >= 4 is 17.9 Å². The Morgan fingerprint density at radius 3 is 0.917 bits per heavy atom. The third-order valence-corrected chi connectivity index (χ3v) is 11.3. The lowest BCUT2D eigenvalue weighted by Gasteiger charge is -2.18. The largest absolute Gasteiger partial charge is 0.462 e. The van der Waals surface area contributed by atoms with Crippen molar-refractivity contribution in [3.05, 3.63) is 158 Å². The molecule has 0 aromatic rings. The van der Waals surface area contributed by atoms with E-state index in [1.807, 2.05) is 6.08 Å². The maximum Gasteiger partial charge on any atom is 0.310 e. The van der Waals surface area contributed by atoms with Gasteiger partial charge in [0.15, 0.2) is 6.10 Å². The molecule has 0 amide bonds. The molecule has 72 heavy (non-hydrogen) atoms. The summed E-state index contributed by atoms with van der Waals surface area (Å²) in [5, 5.41) is 0. The summed E-state index contributed by atoms with van der Waals surface area (Å²) in [6, 6.07) is 0. The molecule has 0 spiro atoms. The van der Waals surface area contributed by atoms with Crippen LogP contribution in [0.15, 0.2) is 158 Å². The van der Waals surface area contributed by atoms with Crippen LogP contribution in [0.4, 0.5) is 0 Å². The van der Waals surface area contributed by atoms with Crippen LogP contribution in [0.3, 0.4) is 0 Å². The van der Waals surface area contributed by atoms with E-state index in [1.165, 1.54) is 57.8 Å². The summed E-state index contributed by atoms with van der Waals surface area (Å²) in [5.74, 6) is -1.12. The van der Waals surface area contributed by atoms with Crippen LogP contribution in [0.5, 0.6) is 0 Å². The summed E-state index contributed by atoms with van der Waals surface area (Å²) < 4.78 is 16.7. The number of carbonyl (C=O) groups excluding carboxylic acids is 3. The summed E-state index contributed by atoms with van der Waals surface area (Å²) in [6.45, 7) is 6.27. The van der Waals surface area contributed by atoms with E-state index >= 15 is 0 Å². The SMILES string of the molecule is CC/C=C\C/C=C\C/C=C\C/C=C\C/C=C\C/C=C\C/C=C\C/C=C\CCCCC(=O)OCC(COC(=O)CCCCCCCCCCCCCC)OC(=O)C/C=C\C/C=C\C/C=C\C/C=C\C/C=C\CC. The first-order chi connectivity index (χ1) is 35.5. The van der Waals surface area contributed by atoms with Crippen molar-refractivity contribution in [2.75, 3.05) is 13.2 Å². The average molecular weight is 992 g/mol. The predicted octanol–water partition coefficient (Wildman–Crippen LogP) is 19.4. The van der Waals surface area contributed by atoms with E-state index < -0.39 is 12.1 Å². The number of ether oxygens (including phenoxy) is 3. The number of hydrogen-bond acceptors (Lipinski definition) is 6. The van der Waals surface area contributed by atoms with Crippen LogP contribution >= 0.6 is 0 Å². The van der Waals surface area contributed by atoms with Gasteiger partial charge in [-0.15, -0.1) is 0 Å². The van der Waals surface area contributed by atoms with Gasteiger partial charge in [0.2, 0.25) is 0 Å². The van der Waals surface area contributed by atoms with Crippen LogP contribution in [0.1, 0.15) is 220 Å².